The number of benzene rings is 2. The smallest absolute Gasteiger partial charge is 0.292 e. The fourth-order valence-corrected chi connectivity index (χ4v) is 10.2. The van der Waals surface area contributed by atoms with Gasteiger partial charge in [-0.25, -0.2) is 0 Å². The van der Waals surface area contributed by atoms with Gasteiger partial charge < -0.3 is 30.4 Å². The third-order valence-electron chi connectivity index (χ3n) is 12.3. The minimum Gasteiger partial charge on any atom is -0.395 e. The van der Waals surface area contributed by atoms with Crippen molar-refractivity contribution >= 4 is 87.2 Å². The molecule has 0 saturated carbocycles. The fourth-order valence-electron chi connectivity index (χ4n) is 8.24. The SMILES string of the molecule is CC(C)(CO)c1ccc(C(=O)C(=O)NCc2scc3c2CN(C2CCC(=O)NC2=O)C3=O)cc1.Cc1ccc(C(=O)C(=O)NCc2scc3c2CN(C2CCC(=O)NC2=O)C3=O)cc1N(C)C. The molecule has 2 saturated heterocycles. The van der Waals surface area contributed by atoms with E-state index in [1.54, 1.807) is 53.2 Å². The number of anilines is 1. The van der Waals surface area contributed by atoms with E-state index in [1.807, 2.05) is 39.8 Å². The van der Waals surface area contributed by atoms with Crippen molar-refractivity contribution in [2.75, 3.05) is 25.6 Å². The standard InChI is InChI=1S/C24H25N3O6S.C23H24N4O5S/c1-24(2,12-28)14-5-3-13(4-6-14)20(30)22(32)25-9-18-15-10-27(23(33)16(15)11-34-18)17-7-8-19(29)26-21(17)31;1-12-4-5-13(8-17(12)26(2)3)20(29)22(31)24-9-18-14-10-27(23(32)15(14)11-33-18)16-6-7-19(28)25-21(16)30/h3-6,11,17,28H,7-10,12H2,1-2H3,(H,25,32)(H,26,29,31);4-5,8,11,16H,6-7,9-10H2,1-3H3,(H,24,31)(H,25,28,30). The van der Waals surface area contributed by atoms with Crippen LogP contribution >= 0.6 is 22.7 Å². The Morgan fingerprint density at radius 1 is 0.716 bits per heavy atom. The maximum absolute atomic E-state index is 12.8. The molecule has 5 N–H and O–H groups in total. The van der Waals surface area contributed by atoms with Gasteiger partial charge in [0.15, 0.2) is 0 Å². The molecule has 2 unspecified atom stereocenters. The zero-order chi connectivity index (χ0) is 48.5. The number of hydrogen-bond donors (Lipinski definition) is 5. The average Bonchev–Trinajstić information content (AvgIpc) is 4.07. The second kappa shape index (κ2) is 19.5. The van der Waals surface area contributed by atoms with E-state index in [0.717, 1.165) is 37.7 Å². The number of rotatable bonds is 13. The quantitative estimate of drug-likeness (QED) is 0.0738. The number of aliphatic hydroxyl groups is 1. The van der Waals surface area contributed by atoms with Gasteiger partial charge in [0.05, 0.1) is 30.8 Å². The Balaban J connectivity index is 0.000000199. The van der Waals surface area contributed by atoms with Crippen LogP contribution in [0.5, 0.6) is 0 Å². The summed E-state index contributed by atoms with van der Waals surface area (Å²) in [6.07, 6.45) is 0.929. The Morgan fingerprint density at radius 2 is 1.16 bits per heavy atom. The van der Waals surface area contributed by atoms with E-state index in [0.29, 0.717) is 16.7 Å². The predicted molar refractivity (Wildman–Crippen MR) is 245 cm³/mol. The molecule has 2 aromatic heterocycles. The van der Waals surface area contributed by atoms with Crippen LogP contribution in [0.1, 0.15) is 113 Å². The molecule has 4 aliphatic heterocycles. The number of carbonyl (C=O) groups excluding carboxylic acids is 10. The lowest BCUT2D eigenvalue weighted by atomic mass is 9.85. The number of carbonyl (C=O) groups is 10. The molecule has 0 bridgehead atoms. The number of ketones is 2. The van der Waals surface area contributed by atoms with Crippen LogP contribution < -0.4 is 26.2 Å². The number of fused-ring (bicyclic) bond motifs is 2. The predicted octanol–water partition coefficient (Wildman–Crippen LogP) is 2.66. The summed E-state index contributed by atoms with van der Waals surface area (Å²) in [7, 11) is 3.74. The van der Waals surface area contributed by atoms with Crippen molar-refractivity contribution in [1.29, 1.82) is 0 Å². The molecule has 8 amide bonds. The van der Waals surface area contributed by atoms with Crippen molar-refractivity contribution in [2.24, 2.45) is 0 Å². The maximum Gasteiger partial charge on any atom is 0.292 e. The third kappa shape index (κ3) is 9.96. The van der Waals surface area contributed by atoms with E-state index in [1.165, 1.54) is 32.5 Å². The summed E-state index contributed by atoms with van der Waals surface area (Å²) in [4.78, 5) is 129. The molecule has 18 nitrogen and oxygen atoms in total. The molecule has 4 aliphatic rings. The Hall–Kier alpha value is -6.90. The molecule has 20 heteroatoms. The van der Waals surface area contributed by atoms with Gasteiger partial charge in [-0.2, -0.15) is 0 Å². The minimum atomic E-state index is -0.761. The molecule has 0 spiro atoms. The van der Waals surface area contributed by atoms with Crippen molar-refractivity contribution in [3.63, 3.8) is 0 Å². The van der Waals surface area contributed by atoms with Crippen LogP contribution in [0.25, 0.3) is 0 Å². The lowest BCUT2D eigenvalue weighted by molar-refractivity contribution is -0.138. The highest BCUT2D eigenvalue weighted by atomic mass is 32.1. The number of thiophene rings is 2. The largest absolute Gasteiger partial charge is 0.395 e. The van der Waals surface area contributed by atoms with Gasteiger partial charge in [-0.15, -0.1) is 22.7 Å². The Bertz CT molecular complexity index is 2740. The van der Waals surface area contributed by atoms with Crippen molar-refractivity contribution in [3.8, 4) is 0 Å². The molecule has 4 aromatic rings. The summed E-state index contributed by atoms with van der Waals surface area (Å²) in [5, 5.41) is 22.7. The molecule has 2 fully saturated rings. The van der Waals surface area contributed by atoms with Crippen LogP contribution in [0.4, 0.5) is 5.69 Å². The van der Waals surface area contributed by atoms with Crippen LogP contribution in [0, 0.1) is 6.92 Å². The number of Topliss-reactive ketones (excluding diaryl/α,β-unsaturated/α-hetero) is 2. The summed E-state index contributed by atoms with van der Waals surface area (Å²) >= 11 is 2.64. The van der Waals surface area contributed by atoms with Gasteiger partial charge in [0.1, 0.15) is 12.1 Å². The second-order valence-electron chi connectivity index (χ2n) is 17.4. The first kappa shape index (κ1) is 48.0. The molecule has 8 rings (SSSR count). The van der Waals surface area contributed by atoms with Gasteiger partial charge in [-0.1, -0.05) is 50.2 Å². The van der Waals surface area contributed by atoms with Gasteiger partial charge >= 0.3 is 0 Å². The topological polar surface area (TPSA) is 249 Å². The van der Waals surface area contributed by atoms with Crippen LogP contribution in [0.2, 0.25) is 0 Å². The van der Waals surface area contributed by atoms with E-state index in [-0.39, 0.29) is 87.7 Å². The van der Waals surface area contributed by atoms with Gasteiger partial charge in [0, 0.05) is 82.8 Å². The normalized spacial score (nSPS) is 17.8. The van der Waals surface area contributed by atoms with E-state index in [2.05, 4.69) is 21.3 Å². The number of nitrogens with zero attached hydrogens (tertiary/aromatic N) is 3. The van der Waals surface area contributed by atoms with Gasteiger partial charge in [-0.05, 0) is 48.1 Å². The van der Waals surface area contributed by atoms with Crippen molar-refractivity contribution in [1.82, 2.24) is 31.1 Å². The van der Waals surface area contributed by atoms with Gasteiger partial charge in [-0.3, -0.25) is 58.6 Å². The number of piperidine rings is 2. The Labute approximate surface area is 393 Å². The number of amides is 8. The first-order chi connectivity index (χ1) is 31.8. The molecule has 0 aliphatic carbocycles. The van der Waals surface area contributed by atoms with Crippen molar-refractivity contribution in [3.05, 3.63) is 107 Å². The molecule has 350 valence electrons. The minimum absolute atomic E-state index is 0.0462. The highest BCUT2D eigenvalue weighted by molar-refractivity contribution is 7.10. The zero-order valence-electron chi connectivity index (χ0n) is 37.4. The fraction of sp³-hybridized carbons (Fsp3) is 0.362. The first-order valence-electron chi connectivity index (χ1n) is 21.4. The number of hydrogen-bond acceptors (Lipinski definition) is 14. The summed E-state index contributed by atoms with van der Waals surface area (Å²) in [5.74, 6) is -4.97. The summed E-state index contributed by atoms with van der Waals surface area (Å²) in [5.41, 5.74) is 5.24. The van der Waals surface area contributed by atoms with E-state index < -0.39 is 52.7 Å². The van der Waals surface area contributed by atoms with Crippen molar-refractivity contribution in [2.45, 2.75) is 90.1 Å². The van der Waals surface area contributed by atoms with Crippen molar-refractivity contribution < 1.29 is 53.1 Å². The van der Waals surface area contributed by atoms with Crippen LogP contribution in [-0.2, 0) is 60.4 Å². The van der Waals surface area contributed by atoms with Crippen LogP contribution in [0.3, 0.4) is 0 Å². The number of aliphatic hydroxyl groups excluding tert-OH is 1. The lowest BCUT2D eigenvalue weighted by Crippen LogP contribution is -2.52. The van der Waals surface area contributed by atoms with Crippen LogP contribution in [0.15, 0.2) is 53.2 Å². The Kier molecular flexibility index (Phi) is 14.0. The molecule has 6 heterocycles. The van der Waals surface area contributed by atoms with Gasteiger partial charge in [0.25, 0.3) is 23.6 Å². The summed E-state index contributed by atoms with van der Waals surface area (Å²) in [6.45, 7) is 6.27. The van der Waals surface area contributed by atoms with Crippen LogP contribution in [-0.4, -0.2) is 107 Å². The van der Waals surface area contributed by atoms with E-state index in [4.69, 9.17) is 0 Å². The van der Waals surface area contributed by atoms with E-state index in [9.17, 15) is 53.1 Å². The number of imide groups is 2. The highest BCUT2D eigenvalue weighted by Crippen LogP contribution is 2.35. The second-order valence-corrected chi connectivity index (χ2v) is 19.4. The molecular weight excluding hydrogens is 903 g/mol. The van der Waals surface area contributed by atoms with Gasteiger partial charge in [0.2, 0.25) is 35.2 Å². The highest BCUT2D eigenvalue weighted by Gasteiger charge is 2.42. The first-order valence-corrected chi connectivity index (χ1v) is 23.2. The molecule has 2 aromatic carbocycles. The molecule has 0 radical (unpaired) electrons. The maximum atomic E-state index is 12.8. The summed E-state index contributed by atoms with van der Waals surface area (Å²) < 4.78 is 0. The average molecular weight is 952 g/mol. The third-order valence-corrected chi connectivity index (χ3v) is 14.3. The Morgan fingerprint density at radius 3 is 1.60 bits per heavy atom. The lowest BCUT2D eigenvalue weighted by Gasteiger charge is -2.29. The zero-order valence-corrected chi connectivity index (χ0v) is 39.0. The monoisotopic (exact) mass is 951 g/mol. The number of nitrogens with one attached hydrogen (secondary N) is 4. The molecule has 67 heavy (non-hydrogen) atoms. The summed E-state index contributed by atoms with van der Waals surface area (Å²) in [6, 6.07) is 10.3. The molecular formula is C47H49N7O11S2. The molecule has 2 atom stereocenters. The van der Waals surface area contributed by atoms with E-state index >= 15 is 0 Å². The number of aryl methyl sites for hydroxylation is 1.